The van der Waals surface area contributed by atoms with E-state index in [-0.39, 0.29) is 11.6 Å². The number of aromatic nitrogens is 4. The fraction of sp³-hybridized carbons (Fsp3) is 0.346. The van der Waals surface area contributed by atoms with E-state index in [1.165, 1.54) is 12.3 Å². The van der Waals surface area contributed by atoms with Crippen LogP contribution >= 0.6 is 0 Å². The Morgan fingerprint density at radius 3 is 1.63 bits per heavy atom. The van der Waals surface area contributed by atoms with Crippen LogP contribution in [0.25, 0.3) is 22.3 Å². The van der Waals surface area contributed by atoms with Crippen molar-refractivity contribution in [3.63, 3.8) is 0 Å². The molecule has 4 atom stereocenters. The van der Waals surface area contributed by atoms with Crippen molar-refractivity contribution in [1.82, 2.24) is 19.9 Å². The van der Waals surface area contributed by atoms with E-state index in [9.17, 15) is 46.1 Å². The number of nitrogens with two attached hydrogens (primary N) is 1. The van der Waals surface area contributed by atoms with Gasteiger partial charge in [0.05, 0.1) is 54.8 Å². The van der Waals surface area contributed by atoms with Crippen molar-refractivity contribution >= 4 is 34.6 Å². The lowest BCUT2D eigenvalue weighted by atomic mass is 9.89. The summed E-state index contributed by atoms with van der Waals surface area (Å²) in [6.07, 6.45) is -2.07. The zero-order valence-corrected chi connectivity index (χ0v) is 39.6. The first-order valence-corrected chi connectivity index (χ1v) is 23.4. The summed E-state index contributed by atoms with van der Waals surface area (Å²) < 4.78 is 86.2. The third-order valence-corrected chi connectivity index (χ3v) is 13.1. The number of benzene rings is 2. The van der Waals surface area contributed by atoms with Gasteiger partial charge >= 0.3 is 18.3 Å². The molecule has 8 heterocycles. The number of alkyl halides is 6. The smallest absolute Gasteiger partial charge is 0.433 e. The summed E-state index contributed by atoms with van der Waals surface area (Å²) in [4.78, 5) is 42.7. The first-order chi connectivity index (χ1) is 34.7. The highest BCUT2D eigenvalue weighted by atomic mass is 19.4. The Balaban J connectivity index is 0.000000164. The number of fused-ring (bicyclic) bond motifs is 6. The van der Waals surface area contributed by atoms with Gasteiger partial charge in [-0.3, -0.25) is 24.7 Å². The number of anilines is 4. The summed E-state index contributed by atoms with van der Waals surface area (Å²) >= 11 is 0. The molecule has 4 unspecified atom stereocenters. The fourth-order valence-corrected chi connectivity index (χ4v) is 9.41. The van der Waals surface area contributed by atoms with Crippen LogP contribution in [-0.4, -0.2) is 98.7 Å². The second kappa shape index (κ2) is 21.9. The number of rotatable bonds is 5. The van der Waals surface area contributed by atoms with E-state index in [1.54, 1.807) is 12.3 Å². The Kier molecular flexibility index (Phi) is 15.6. The molecule has 6 aromatic rings. The lowest BCUT2D eigenvalue weighted by Crippen LogP contribution is -2.41. The number of nitrogens with zero attached hydrogens (tertiary/aromatic N) is 6. The zero-order valence-electron chi connectivity index (χ0n) is 39.6. The summed E-state index contributed by atoms with van der Waals surface area (Å²) in [6, 6.07) is 19.8. The number of aryl methyl sites for hydroxylation is 2. The number of amides is 1. The van der Waals surface area contributed by atoms with Crippen molar-refractivity contribution < 1.29 is 60.7 Å². The molecule has 10 rings (SSSR count). The van der Waals surface area contributed by atoms with Gasteiger partial charge in [0.15, 0.2) is 0 Å². The Morgan fingerprint density at radius 1 is 0.644 bits per heavy atom. The molecule has 2 aromatic carbocycles. The Labute approximate surface area is 415 Å². The van der Waals surface area contributed by atoms with Gasteiger partial charge in [-0.05, 0) is 99.2 Å². The Morgan fingerprint density at radius 2 is 1.12 bits per heavy atom. The molecular weight excluding hydrogens is 963 g/mol. The molecule has 0 radical (unpaired) electrons. The van der Waals surface area contributed by atoms with Gasteiger partial charge in [-0.2, -0.15) is 26.3 Å². The first-order valence-electron chi connectivity index (χ1n) is 23.4. The standard InChI is InChI=1S/C26H25F3N4O3.C19H23N3O2.C7H4F3NO2/c1-15-21(12-18(14-31-15)32-25(35)17-4-6-30-24(11-17)26(27,28)29)16-2-3-20-22(10-16)33-7-9-36-8-5-19(33)13-23(20)34;1-12-17(9-14(20)11-21-12)13-2-3-16-18(8-13)22-5-7-24-6-4-15(22)10-19(16)23;8-7(9,10)5-3-4(6(12)13)1-2-11-5/h2-4,6,10-12,14,19,23,34H,5,7-9,13H2,1H3,(H,32,35);2-3,8-9,11,15,19,23H,4-7,10,20H2,1H3;1-3H,(H,12,13). The third kappa shape index (κ3) is 12.2. The molecule has 0 saturated carbocycles. The molecule has 4 aromatic heterocycles. The second-order valence-electron chi connectivity index (χ2n) is 17.9. The average molecular weight is 1020 g/mol. The molecule has 2 fully saturated rings. The molecule has 0 aliphatic carbocycles. The average Bonchev–Trinajstić information content (AvgIpc) is 3.76. The minimum Gasteiger partial charge on any atom is -0.478 e. The number of aliphatic hydroxyl groups is 2. The van der Waals surface area contributed by atoms with Crippen LogP contribution < -0.4 is 20.9 Å². The molecule has 0 spiro atoms. The third-order valence-electron chi connectivity index (χ3n) is 13.1. The quantitative estimate of drug-likeness (QED) is 0.102. The van der Waals surface area contributed by atoms with Gasteiger partial charge < -0.3 is 45.6 Å². The minimum absolute atomic E-state index is 0.156. The van der Waals surface area contributed by atoms with E-state index in [2.05, 4.69) is 47.2 Å². The van der Waals surface area contributed by atoms with Crippen LogP contribution in [0.5, 0.6) is 0 Å². The van der Waals surface area contributed by atoms with Crippen molar-refractivity contribution in [2.24, 2.45) is 0 Å². The van der Waals surface area contributed by atoms with Crippen LogP contribution in [0.4, 0.5) is 49.1 Å². The van der Waals surface area contributed by atoms with E-state index in [0.29, 0.717) is 49.2 Å². The summed E-state index contributed by atoms with van der Waals surface area (Å²) in [6.45, 7) is 8.20. The van der Waals surface area contributed by atoms with Gasteiger partial charge in [0.1, 0.15) is 11.4 Å². The number of pyridine rings is 4. The summed E-state index contributed by atoms with van der Waals surface area (Å²) in [5.74, 6) is -2.10. The van der Waals surface area contributed by atoms with E-state index in [4.69, 9.17) is 20.3 Å². The van der Waals surface area contributed by atoms with Gasteiger partial charge in [-0.1, -0.05) is 24.3 Å². The van der Waals surface area contributed by atoms with Crippen LogP contribution in [0.3, 0.4) is 0 Å². The van der Waals surface area contributed by atoms with E-state index in [0.717, 1.165) is 120 Å². The monoisotopic (exact) mass is 1010 g/mol. The SMILES string of the molecule is Cc1ncc(N)cc1-c1ccc2c(c1)N1CCOCCC1CC2O.Cc1ncc(NC(=O)c2ccnc(C(F)(F)F)c2)cc1-c1ccc2c(c1)N1CCOCCC1CC2O.O=C(O)c1ccnc(C(F)(F)F)c1. The molecule has 4 aliphatic heterocycles. The van der Waals surface area contributed by atoms with E-state index < -0.39 is 53.4 Å². The number of aliphatic hydroxyl groups excluding tert-OH is 2. The maximum atomic E-state index is 13.0. The van der Waals surface area contributed by atoms with Gasteiger partial charge in [0, 0.05) is 101 Å². The highest BCUT2D eigenvalue weighted by molar-refractivity contribution is 6.04. The van der Waals surface area contributed by atoms with Gasteiger partial charge in [0.25, 0.3) is 5.91 Å². The van der Waals surface area contributed by atoms with Crippen LogP contribution in [0.2, 0.25) is 0 Å². The van der Waals surface area contributed by atoms with Crippen molar-refractivity contribution in [1.29, 1.82) is 0 Å². The number of carbonyl (C=O) groups excluding carboxylic acids is 1. The first kappa shape index (κ1) is 52.1. The largest absolute Gasteiger partial charge is 0.478 e. The lowest BCUT2D eigenvalue weighted by Gasteiger charge is -2.39. The maximum Gasteiger partial charge on any atom is 0.433 e. The highest BCUT2D eigenvalue weighted by Gasteiger charge is 2.36. The number of carbonyl (C=O) groups is 2. The minimum atomic E-state index is -4.65. The number of ether oxygens (including phenoxy) is 2. The molecule has 0 bridgehead atoms. The second-order valence-corrected chi connectivity index (χ2v) is 17.9. The summed E-state index contributed by atoms with van der Waals surface area (Å²) in [5.41, 5.74) is 13.4. The van der Waals surface area contributed by atoms with Crippen LogP contribution in [0.1, 0.15) is 92.5 Å². The number of carboxylic acid groups (broad SMARTS) is 1. The predicted molar refractivity (Wildman–Crippen MR) is 259 cm³/mol. The van der Waals surface area contributed by atoms with Gasteiger partial charge in [0.2, 0.25) is 0 Å². The van der Waals surface area contributed by atoms with Crippen molar-refractivity contribution in [3.05, 3.63) is 143 Å². The summed E-state index contributed by atoms with van der Waals surface area (Å²) in [5, 5.41) is 32.3. The number of aromatic carboxylic acids is 1. The van der Waals surface area contributed by atoms with E-state index >= 15 is 0 Å². The van der Waals surface area contributed by atoms with E-state index in [1.807, 2.05) is 44.2 Å². The van der Waals surface area contributed by atoms with Crippen molar-refractivity contribution in [2.45, 2.75) is 76.2 Å². The van der Waals surface area contributed by atoms with Crippen LogP contribution in [0.15, 0.2) is 97.6 Å². The predicted octanol–water partition coefficient (Wildman–Crippen LogP) is 9.23. The van der Waals surface area contributed by atoms with Crippen LogP contribution in [0, 0.1) is 13.8 Å². The fourth-order valence-electron chi connectivity index (χ4n) is 9.41. The maximum absolute atomic E-state index is 13.0. The number of halogens is 6. The molecule has 6 N–H and O–H groups in total. The molecule has 15 nitrogen and oxygen atoms in total. The Bertz CT molecular complexity index is 2980. The number of nitrogens with one attached hydrogen (secondary N) is 1. The number of carboxylic acids is 1. The lowest BCUT2D eigenvalue weighted by molar-refractivity contribution is -0.142. The van der Waals surface area contributed by atoms with Gasteiger partial charge in [-0.15, -0.1) is 0 Å². The Hall–Kier alpha value is -7.20. The number of hydrogen-bond donors (Lipinski definition) is 5. The molecule has 4 aliphatic rings. The topological polar surface area (TPSA) is 209 Å². The molecule has 21 heteroatoms. The molecular formula is C52H52F6N8O7. The highest BCUT2D eigenvalue weighted by Crippen LogP contribution is 2.43. The molecule has 1 amide bonds. The normalized spacial score (nSPS) is 19.4. The van der Waals surface area contributed by atoms with Crippen LogP contribution in [-0.2, 0) is 21.8 Å². The van der Waals surface area contributed by atoms with Crippen molar-refractivity contribution in [2.75, 3.05) is 60.4 Å². The number of nitrogen functional groups attached to an aromatic ring is 1. The molecule has 73 heavy (non-hydrogen) atoms. The van der Waals surface area contributed by atoms with Gasteiger partial charge in [-0.25, -0.2) is 4.79 Å². The number of hydrogen-bond acceptors (Lipinski definition) is 13. The zero-order chi connectivity index (χ0) is 52.2. The summed E-state index contributed by atoms with van der Waals surface area (Å²) in [7, 11) is 0. The molecule has 2 saturated heterocycles. The van der Waals surface area contributed by atoms with Crippen molar-refractivity contribution in [3.8, 4) is 22.3 Å². The molecule has 384 valence electrons.